The van der Waals surface area contributed by atoms with Crippen molar-refractivity contribution < 1.29 is 8.42 Å². The van der Waals surface area contributed by atoms with Crippen molar-refractivity contribution in [3.05, 3.63) is 29.8 Å². The largest absolute Gasteiger partial charge is 0.326 e. The Morgan fingerprint density at radius 2 is 2.06 bits per heavy atom. The number of nitrogens with one attached hydrogen (secondary N) is 1. The van der Waals surface area contributed by atoms with E-state index in [2.05, 4.69) is 4.72 Å². The van der Waals surface area contributed by atoms with Gasteiger partial charge in [-0.25, -0.2) is 0 Å². The van der Waals surface area contributed by atoms with Crippen molar-refractivity contribution in [2.75, 3.05) is 11.4 Å². The molecule has 1 aromatic carbocycles. The Kier molecular flexibility index (Phi) is 3.37. The van der Waals surface area contributed by atoms with Gasteiger partial charge in [-0.2, -0.15) is 13.1 Å². The van der Waals surface area contributed by atoms with Crippen LogP contribution in [0.15, 0.2) is 24.3 Å². The number of benzene rings is 1. The van der Waals surface area contributed by atoms with E-state index in [9.17, 15) is 8.42 Å². The van der Waals surface area contributed by atoms with E-state index in [1.165, 1.54) is 4.31 Å². The van der Waals surface area contributed by atoms with Gasteiger partial charge in [-0.3, -0.25) is 4.31 Å². The summed E-state index contributed by atoms with van der Waals surface area (Å²) in [5.74, 6) is 0. The van der Waals surface area contributed by atoms with E-state index < -0.39 is 10.2 Å². The third-order valence-electron chi connectivity index (χ3n) is 2.80. The predicted octanol–water partition coefficient (Wildman–Crippen LogP) is 0.578. The molecule has 1 aliphatic carbocycles. The van der Waals surface area contributed by atoms with Crippen LogP contribution >= 0.6 is 0 Å². The summed E-state index contributed by atoms with van der Waals surface area (Å²) in [7, 11) is -1.91. The minimum absolute atomic E-state index is 0.104. The molecule has 3 N–H and O–H groups in total. The summed E-state index contributed by atoms with van der Waals surface area (Å²) < 4.78 is 27.9. The van der Waals surface area contributed by atoms with Gasteiger partial charge in [-0.05, 0) is 24.5 Å². The topological polar surface area (TPSA) is 75.4 Å². The summed E-state index contributed by atoms with van der Waals surface area (Å²) in [4.78, 5) is 0. The Bertz CT molecular complexity index is 497. The lowest BCUT2D eigenvalue weighted by atomic mass is 10.2. The van der Waals surface area contributed by atoms with Gasteiger partial charge in [0, 0.05) is 19.6 Å². The highest BCUT2D eigenvalue weighted by Crippen LogP contribution is 2.24. The predicted molar refractivity (Wildman–Crippen MR) is 67.8 cm³/mol. The minimum atomic E-state index is -3.45. The number of nitrogens with two attached hydrogens (primary N) is 1. The lowest BCUT2D eigenvalue weighted by Gasteiger charge is -2.22. The summed E-state index contributed by atoms with van der Waals surface area (Å²) in [6.07, 6.45) is 1.84. The molecule has 1 aromatic rings. The first-order chi connectivity index (χ1) is 8.04. The van der Waals surface area contributed by atoms with E-state index in [1.807, 2.05) is 12.1 Å². The number of para-hydroxylation sites is 1. The van der Waals surface area contributed by atoms with Crippen LogP contribution in [0.1, 0.15) is 18.4 Å². The van der Waals surface area contributed by atoms with Gasteiger partial charge in [-0.15, -0.1) is 0 Å². The Morgan fingerprint density at radius 1 is 1.41 bits per heavy atom. The fourth-order valence-corrected chi connectivity index (χ4v) is 2.86. The maximum absolute atomic E-state index is 12.0. The fourth-order valence-electron chi connectivity index (χ4n) is 1.61. The van der Waals surface area contributed by atoms with Gasteiger partial charge in [0.25, 0.3) is 0 Å². The van der Waals surface area contributed by atoms with E-state index in [0.717, 1.165) is 18.4 Å². The third kappa shape index (κ3) is 2.77. The van der Waals surface area contributed by atoms with Crippen LogP contribution in [0, 0.1) is 0 Å². The molecule has 1 aliphatic rings. The molecule has 0 unspecified atom stereocenters. The van der Waals surface area contributed by atoms with Crippen LogP contribution in [-0.2, 0) is 16.8 Å². The lowest BCUT2D eigenvalue weighted by molar-refractivity contribution is 0.579. The first kappa shape index (κ1) is 12.3. The average Bonchev–Trinajstić information content (AvgIpc) is 3.11. The first-order valence-electron chi connectivity index (χ1n) is 5.59. The van der Waals surface area contributed by atoms with E-state index >= 15 is 0 Å². The van der Waals surface area contributed by atoms with Crippen molar-refractivity contribution in [2.24, 2.45) is 5.73 Å². The first-order valence-corrected chi connectivity index (χ1v) is 7.03. The second-order valence-electron chi connectivity index (χ2n) is 4.20. The molecule has 0 atom stereocenters. The molecule has 0 spiro atoms. The summed E-state index contributed by atoms with van der Waals surface area (Å²) >= 11 is 0. The summed E-state index contributed by atoms with van der Waals surface area (Å²) in [5.41, 5.74) is 7.05. The summed E-state index contributed by atoms with van der Waals surface area (Å²) in [6, 6.07) is 7.35. The number of anilines is 1. The van der Waals surface area contributed by atoms with Gasteiger partial charge >= 0.3 is 10.2 Å². The molecule has 0 radical (unpaired) electrons. The van der Waals surface area contributed by atoms with Crippen molar-refractivity contribution in [3.63, 3.8) is 0 Å². The number of hydrogen-bond acceptors (Lipinski definition) is 3. The van der Waals surface area contributed by atoms with Crippen molar-refractivity contribution in [1.29, 1.82) is 0 Å². The average molecular weight is 255 g/mol. The van der Waals surface area contributed by atoms with Crippen LogP contribution in [0.2, 0.25) is 0 Å². The Hall–Kier alpha value is -1.11. The molecule has 0 amide bonds. The van der Waals surface area contributed by atoms with Crippen LogP contribution in [0.4, 0.5) is 5.69 Å². The van der Waals surface area contributed by atoms with Crippen LogP contribution in [0.25, 0.3) is 0 Å². The second kappa shape index (κ2) is 4.64. The molecule has 1 saturated carbocycles. The molecule has 0 heterocycles. The molecule has 0 bridgehead atoms. The molecule has 2 rings (SSSR count). The maximum atomic E-state index is 12.0. The van der Waals surface area contributed by atoms with E-state index in [4.69, 9.17) is 5.73 Å². The standard InChI is InChI=1S/C11H17N3O2S/c1-14(17(15,16)13-10-6-7-10)11-5-3-2-4-9(11)8-12/h2-5,10,13H,6-8,12H2,1H3. The lowest BCUT2D eigenvalue weighted by Crippen LogP contribution is -2.39. The molecule has 5 nitrogen and oxygen atoms in total. The van der Waals surface area contributed by atoms with Crippen LogP contribution in [0.3, 0.4) is 0 Å². The van der Waals surface area contributed by atoms with Crippen molar-refractivity contribution in [3.8, 4) is 0 Å². The highest BCUT2D eigenvalue weighted by molar-refractivity contribution is 7.90. The zero-order valence-electron chi connectivity index (χ0n) is 9.76. The Balaban J connectivity index is 2.25. The third-order valence-corrected chi connectivity index (χ3v) is 4.35. The van der Waals surface area contributed by atoms with Crippen LogP contribution in [-0.4, -0.2) is 21.5 Å². The Morgan fingerprint density at radius 3 is 2.65 bits per heavy atom. The highest BCUT2D eigenvalue weighted by atomic mass is 32.2. The van der Waals surface area contributed by atoms with Gasteiger partial charge in [0.15, 0.2) is 0 Å². The molecular formula is C11H17N3O2S. The molecule has 0 aliphatic heterocycles. The monoisotopic (exact) mass is 255 g/mol. The van der Waals surface area contributed by atoms with Crippen molar-refractivity contribution in [1.82, 2.24) is 4.72 Å². The zero-order chi connectivity index (χ0) is 12.5. The Labute approximate surface area is 102 Å². The van der Waals surface area contributed by atoms with Crippen molar-refractivity contribution in [2.45, 2.75) is 25.4 Å². The van der Waals surface area contributed by atoms with Crippen LogP contribution in [0.5, 0.6) is 0 Å². The molecular weight excluding hydrogens is 238 g/mol. The van der Waals surface area contributed by atoms with Crippen LogP contribution < -0.4 is 14.8 Å². The van der Waals surface area contributed by atoms with E-state index in [1.54, 1.807) is 19.2 Å². The number of rotatable bonds is 5. The summed E-state index contributed by atoms with van der Waals surface area (Å²) in [6.45, 7) is 0.319. The van der Waals surface area contributed by atoms with Gasteiger partial charge in [0.05, 0.1) is 5.69 Å². The van der Waals surface area contributed by atoms with Gasteiger partial charge < -0.3 is 5.73 Å². The van der Waals surface area contributed by atoms with Crippen molar-refractivity contribution >= 4 is 15.9 Å². The summed E-state index contributed by atoms with van der Waals surface area (Å²) in [5, 5.41) is 0. The normalized spacial score (nSPS) is 15.9. The zero-order valence-corrected chi connectivity index (χ0v) is 10.6. The maximum Gasteiger partial charge on any atom is 0.301 e. The minimum Gasteiger partial charge on any atom is -0.326 e. The smallest absolute Gasteiger partial charge is 0.301 e. The molecule has 0 saturated heterocycles. The molecule has 1 fully saturated rings. The molecule has 6 heteroatoms. The SMILES string of the molecule is CN(c1ccccc1CN)S(=O)(=O)NC1CC1. The van der Waals surface area contributed by atoms with Gasteiger partial charge in [0.2, 0.25) is 0 Å². The molecule has 17 heavy (non-hydrogen) atoms. The number of hydrogen-bond donors (Lipinski definition) is 2. The highest BCUT2D eigenvalue weighted by Gasteiger charge is 2.30. The van der Waals surface area contributed by atoms with Gasteiger partial charge in [-0.1, -0.05) is 18.2 Å². The second-order valence-corrected chi connectivity index (χ2v) is 5.93. The fraction of sp³-hybridized carbons (Fsp3) is 0.455. The van der Waals surface area contributed by atoms with E-state index in [0.29, 0.717) is 12.2 Å². The quantitative estimate of drug-likeness (QED) is 0.808. The molecule has 0 aromatic heterocycles. The van der Waals surface area contributed by atoms with E-state index in [-0.39, 0.29) is 6.04 Å². The number of nitrogens with zero attached hydrogens (tertiary/aromatic N) is 1. The molecule has 94 valence electrons. The van der Waals surface area contributed by atoms with Gasteiger partial charge in [0.1, 0.15) is 0 Å².